The van der Waals surface area contributed by atoms with Crippen molar-refractivity contribution in [2.45, 2.75) is 64.5 Å². The number of pyridine rings is 1. The molecule has 3 aliphatic heterocycles. The molecule has 3 aliphatic rings. The number of hydrogen-bond donors (Lipinski definition) is 1. The van der Waals surface area contributed by atoms with Gasteiger partial charge in [0.2, 0.25) is 11.8 Å². The summed E-state index contributed by atoms with van der Waals surface area (Å²) in [5, 5.41) is 4.23. The first-order chi connectivity index (χ1) is 20.5. The maximum absolute atomic E-state index is 14.2. The van der Waals surface area contributed by atoms with Crippen molar-refractivity contribution in [3.8, 4) is 11.3 Å². The van der Waals surface area contributed by atoms with Gasteiger partial charge in [0.05, 0.1) is 22.9 Å². The van der Waals surface area contributed by atoms with Gasteiger partial charge in [-0.25, -0.2) is 4.98 Å². The number of aromatic nitrogens is 1. The Morgan fingerprint density at radius 1 is 1.05 bits per heavy atom. The second-order valence-electron chi connectivity index (χ2n) is 11.8. The number of likely N-dealkylation sites (tertiary alicyclic amines) is 1. The fraction of sp³-hybridized carbons (Fsp3) is 0.429. The number of carbonyl (C=O) groups excluding carboxylic acids is 2. The molecule has 7 nitrogen and oxygen atoms in total. The lowest BCUT2D eigenvalue weighted by atomic mass is 9.89. The summed E-state index contributed by atoms with van der Waals surface area (Å²) in [4.78, 5) is 39.3. The van der Waals surface area contributed by atoms with Crippen molar-refractivity contribution in [2.75, 3.05) is 19.8 Å². The van der Waals surface area contributed by atoms with Crippen molar-refractivity contribution in [1.82, 2.24) is 15.2 Å². The zero-order valence-corrected chi connectivity index (χ0v) is 24.6. The van der Waals surface area contributed by atoms with Crippen LogP contribution in [0.25, 0.3) is 27.9 Å². The van der Waals surface area contributed by atoms with Gasteiger partial charge in [-0.1, -0.05) is 68.5 Å². The fourth-order valence-electron chi connectivity index (χ4n) is 6.44. The van der Waals surface area contributed by atoms with Crippen LogP contribution in [0.4, 0.5) is 0 Å². The highest BCUT2D eigenvalue weighted by molar-refractivity contribution is 6.05. The predicted octanol–water partition coefficient (Wildman–Crippen LogP) is 6.04. The van der Waals surface area contributed by atoms with Gasteiger partial charge in [-0.3, -0.25) is 14.6 Å². The molecule has 0 spiro atoms. The van der Waals surface area contributed by atoms with Gasteiger partial charge >= 0.3 is 0 Å². The van der Waals surface area contributed by atoms with Gasteiger partial charge in [0.25, 0.3) is 0 Å². The first kappa shape index (κ1) is 28.3. The van der Waals surface area contributed by atoms with Crippen LogP contribution in [0.2, 0.25) is 0 Å². The van der Waals surface area contributed by atoms with E-state index in [-0.39, 0.29) is 29.7 Å². The van der Waals surface area contributed by atoms with Gasteiger partial charge < -0.3 is 15.0 Å². The standard InChI is InChI=1S/C35H40N4O3/c1-3-23(2)34(40)38-33(25-17-20-42-21-18-25)35(41)39-19-9-14-32(39)30-16-15-29(36-30)27-22-31(24-10-5-4-6-11-24)37-28-13-8-7-12-26(27)28/h4-8,10-13,15,22-23,25,32-33H,3,9,14,16-21H2,1-2H3,(H,38,40)/t23-,32+,33+/m1/s1. The molecule has 0 bridgehead atoms. The summed E-state index contributed by atoms with van der Waals surface area (Å²) in [6.45, 7) is 5.87. The summed E-state index contributed by atoms with van der Waals surface area (Å²) >= 11 is 0. The summed E-state index contributed by atoms with van der Waals surface area (Å²) in [6.07, 6.45) is 7.02. The summed E-state index contributed by atoms with van der Waals surface area (Å²) < 4.78 is 5.58. The van der Waals surface area contributed by atoms with Crippen LogP contribution in [-0.4, -0.2) is 59.3 Å². The highest BCUT2D eigenvalue weighted by Gasteiger charge is 2.40. The van der Waals surface area contributed by atoms with Crippen molar-refractivity contribution in [3.05, 3.63) is 72.3 Å². The Morgan fingerprint density at radius 2 is 1.81 bits per heavy atom. The van der Waals surface area contributed by atoms with Crippen molar-refractivity contribution < 1.29 is 14.3 Å². The molecule has 0 radical (unpaired) electrons. The minimum absolute atomic E-state index is 0.0259. The van der Waals surface area contributed by atoms with Crippen LogP contribution in [0.3, 0.4) is 0 Å². The van der Waals surface area contributed by atoms with Crippen molar-refractivity contribution >= 4 is 34.1 Å². The van der Waals surface area contributed by atoms with E-state index < -0.39 is 6.04 Å². The molecule has 7 heteroatoms. The molecule has 42 heavy (non-hydrogen) atoms. The SMILES string of the molecule is CC[C@@H](C)C(=O)N[C@H](C(=O)N1CCC[C@H]1C1=NC(c2cc(-c3ccccc3)nc3ccccc23)=CC1)C1CCOCC1. The van der Waals surface area contributed by atoms with Crippen molar-refractivity contribution in [1.29, 1.82) is 0 Å². The second kappa shape index (κ2) is 12.6. The number of rotatable bonds is 8. The van der Waals surface area contributed by atoms with Gasteiger partial charge in [-0.2, -0.15) is 0 Å². The van der Waals surface area contributed by atoms with Crippen LogP contribution in [-0.2, 0) is 14.3 Å². The number of allylic oxidation sites excluding steroid dienone is 1. The number of fused-ring (bicyclic) bond motifs is 1. The number of hydrogen-bond acceptors (Lipinski definition) is 5. The van der Waals surface area contributed by atoms with Gasteiger partial charge in [0.1, 0.15) is 6.04 Å². The van der Waals surface area contributed by atoms with Crippen molar-refractivity contribution in [3.63, 3.8) is 0 Å². The third kappa shape index (κ3) is 5.75. The molecule has 0 saturated carbocycles. The highest BCUT2D eigenvalue weighted by atomic mass is 16.5. The molecule has 2 saturated heterocycles. The molecule has 218 valence electrons. The molecule has 2 amide bonds. The van der Waals surface area contributed by atoms with E-state index in [2.05, 4.69) is 35.7 Å². The zero-order chi connectivity index (χ0) is 29.1. The third-order valence-corrected chi connectivity index (χ3v) is 9.11. The summed E-state index contributed by atoms with van der Waals surface area (Å²) in [5.74, 6) is -0.0623. The molecule has 3 aromatic rings. The van der Waals surface area contributed by atoms with Crippen molar-refractivity contribution in [2.24, 2.45) is 16.8 Å². The molecule has 0 aliphatic carbocycles. The van der Waals surface area contributed by atoms with Gasteiger partial charge in [-0.05, 0) is 50.2 Å². The number of amides is 2. The lowest BCUT2D eigenvalue weighted by Gasteiger charge is -2.35. The van der Waals surface area contributed by atoms with Crippen LogP contribution in [0.1, 0.15) is 57.9 Å². The number of nitrogens with zero attached hydrogens (tertiary/aromatic N) is 3. The molecule has 1 aromatic heterocycles. The Kier molecular flexibility index (Phi) is 8.47. The average Bonchev–Trinajstić information content (AvgIpc) is 3.73. The average molecular weight is 565 g/mol. The number of nitrogens with one attached hydrogen (secondary N) is 1. The first-order valence-electron chi connectivity index (χ1n) is 15.4. The van der Waals surface area contributed by atoms with E-state index in [1.54, 1.807) is 0 Å². The number of carbonyl (C=O) groups is 2. The zero-order valence-electron chi connectivity index (χ0n) is 24.6. The lowest BCUT2D eigenvalue weighted by Crippen LogP contribution is -2.56. The minimum Gasteiger partial charge on any atom is -0.381 e. The van der Waals surface area contributed by atoms with Crippen LogP contribution < -0.4 is 5.32 Å². The lowest BCUT2D eigenvalue weighted by molar-refractivity contribution is -0.139. The number of para-hydroxylation sites is 1. The maximum Gasteiger partial charge on any atom is 0.245 e. The quantitative estimate of drug-likeness (QED) is 0.362. The van der Waals surface area contributed by atoms with Crippen LogP contribution >= 0.6 is 0 Å². The normalized spacial score (nSPS) is 20.7. The Balaban J connectivity index is 1.28. The molecular formula is C35H40N4O3. The molecule has 2 fully saturated rings. The highest BCUT2D eigenvalue weighted by Crippen LogP contribution is 2.35. The summed E-state index contributed by atoms with van der Waals surface area (Å²) in [5.41, 5.74) is 5.95. The topological polar surface area (TPSA) is 83.9 Å². The van der Waals surface area contributed by atoms with E-state index in [1.807, 2.05) is 55.1 Å². The predicted molar refractivity (Wildman–Crippen MR) is 167 cm³/mol. The maximum atomic E-state index is 14.2. The van der Waals surface area contributed by atoms with E-state index in [9.17, 15) is 9.59 Å². The molecule has 3 atom stereocenters. The Labute approximate surface area is 248 Å². The molecule has 4 heterocycles. The summed E-state index contributed by atoms with van der Waals surface area (Å²) in [7, 11) is 0. The Morgan fingerprint density at radius 3 is 2.60 bits per heavy atom. The molecule has 1 N–H and O–H groups in total. The Bertz CT molecular complexity index is 1510. The number of ether oxygens (including phenoxy) is 1. The minimum atomic E-state index is -0.525. The number of benzene rings is 2. The van der Waals surface area contributed by atoms with Crippen LogP contribution in [0.15, 0.2) is 71.7 Å². The van der Waals surface area contributed by atoms with Gasteiger partial charge in [0.15, 0.2) is 0 Å². The molecule has 6 rings (SSSR count). The largest absolute Gasteiger partial charge is 0.381 e. The Hall–Kier alpha value is -3.84. The third-order valence-electron chi connectivity index (χ3n) is 9.11. The van der Waals surface area contributed by atoms with Crippen LogP contribution in [0, 0.1) is 11.8 Å². The fourth-order valence-corrected chi connectivity index (χ4v) is 6.44. The second-order valence-corrected chi connectivity index (χ2v) is 11.8. The van der Waals surface area contributed by atoms with Gasteiger partial charge in [-0.15, -0.1) is 0 Å². The van der Waals surface area contributed by atoms with E-state index in [0.717, 1.165) is 71.2 Å². The molecule has 0 unspecified atom stereocenters. The van der Waals surface area contributed by atoms with E-state index in [4.69, 9.17) is 14.7 Å². The van der Waals surface area contributed by atoms with E-state index in [1.165, 1.54) is 0 Å². The van der Waals surface area contributed by atoms with E-state index in [0.29, 0.717) is 26.2 Å². The molecule has 2 aromatic carbocycles. The monoisotopic (exact) mass is 564 g/mol. The molecular weight excluding hydrogens is 524 g/mol. The first-order valence-corrected chi connectivity index (χ1v) is 15.4. The summed E-state index contributed by atoms with van der Waals surface area (Å²) in [6, 6.07) is 20.0. The van der Waals surface area contributed by atoms with Crippen LogP contribution in [0.5, 0.6) is 0 Å². The van der Waals surface area contributed by atoms with E-state index >= 15 is 0 Å². The smallest absolute Gasteiger partial charge is 0.245 e. The van der Waals surface area contributed by atoms with Gasteiger partial charge in [0, 0.05) is 54.3 Å². The number of aliphatic imine (C=N–C) groups is 1.